The Labute approximate surface area is 144 Å². The van der Waals surface area contributed by atoms with Gasteiger partial charge < -0.3 is 14.1 Å². The Hall–Kier alpha value is -1.33. The van der Waals surface area contributed by atoms with Crippen molar-refractivity contribution in [3.63, 3.8) is 0 Å². The van der Waals surface area contributed by atoms with E-state index in [2.05, 4.69) is 16.7 Å². The van der Waals surface area contributed by atoms with Gasteiger partial charge in [0.05, 0.1) is 19.4 Å². The van der Waals surface area contributed by atoms with Crippen molar-refractivity contribution in [3.05, 3.63) is 24.2 Å². The molecule has 0 bridgehead atoms. The van der Waals surface area contributed by atoms with Gasteiger partial charge in [0, 0.05) is 31.5 Å². The second kappa shape index (κ2) is 8.67. The third-order valence-corrected chi connectivity index (χ3v) is 5.20. The van der Waals surface area contributed by atoms with Gasteiger partial charge in [-0.3, -0.25) is 9.69 Å². The van der Waals surface area contributed by atoms with E-state index in [1.165, 1.54) is 0 Å². The van der Waals surface area contributed by atoms with E-state index >= 15 is 0 Å². The number of ether oxygens (including phenoxy) is 1. The van der Waals surface area contributed by atoms with Crippen LogP contribution in [0.4, 0.5) is 0 Å². The van der Waals surface area contributed by atoms with Crippen LogP contribution < -0.4 is 0 Å². The van der Waals surface area contributed by atoms with Crippen molar-refractivity contribution in [2.24, 2.45) is 11.8 Å². The Bertz CT molecular complexity index is 495. The van der Waals surface area contributed by atoms with Crippen LogP contribution in [0.2, 0.25) is 0 Å². The number of rotatable bonds is 7. The number of hydrogen-bond donors (Lipinski definition) is 0. The molecule has 1 atom stereocenters. The molecule has 24 heavy (non-hydrogen) atoms. The van der Waals surface area contributed by atoms with Crippen molar-refractivity contribution in [1.29, 1.82) is 0 Å². The number of likely N-dealkylation sites (tertiary alicyclic amines) is 2. The molecule has 0 aliphatic carbocycles. The molecule has 0 radical (unpaired) electrons. The van der Waals surface area contributed by atoms with E-state index in [9.17, 15) is 4.79 Å². The summed E-state index contributed by atoms with van der Waals surface area (Å²) in [5, 5.41) is 0. The van der Waals surface area contributed by atoms with Crippen LogP contribution in [0.15, 0.2) is 22.8 Å². The Morgan fingerprint density at radius 3 is 2.83 bits per heavy atom. The van der Waals surface area contributed by atoms with Crippen molar-refractivity contribution in [2.45, 2.75) is 39.2 Å². The predicted molar refractivity (Wildman–Crippen MR) is 92.5 cm³/mol. The fourth-order valence-electron chi connectivity index (χ4n) is 3.78. The lowest BCUT2D eigenvalue weighted by Gasteiger charge is -2.32. The highest BCUT2D eigenvalue weighted by Gasteiger charge is 2.32. The lowest BCUT2D eigenvalue weighted by Crippen LogP contribution is -2.41. The van der Waals surface area contributed by atoms with Crippen LogP contribution in [0, 0.1) is 11.8 Å². The number of piperidine rings is 1. The van der Waals surface area contributed by atoms with Crippen LogP contribution in [0.1, 0.15) is 38.4 Å². The van der Waals surface area contributed by atoms with Gasteiger partial charge in [-0.15, -0.1) is 0 Å². The second-order valence-corrected chi connectivity index (χ2v) is 7.14. The average molecular weight is 334 g/mol. The molecule has 3 rings (SSSR count). The monoisotopic (exact) mass is 334 g/mol. The van der Waals surface area contributed by atoms with Gasteiger partial charge in [0.1, 0.15) is 5.76 Å². The zero-order valence-electron chi connectivity index (χ0n) is 14.8. The van der Waals surface area contributed by atoms with Gasteiger partial charge in [-0.1, -0.05) is 6.92 Å². The number of furan rings is 1. The normalized spacial score (nSPS) is 23.0. The molecule has 1 amide bonds. The zero-order valence-corrected chi connectivity index (χ0v) is 14.8. The molecule has 5 heteroatoms. The van der Waals surface area contributed by atoms with Gasteiger partial charge in [-0.2, -0.15) is 0 Å². The van der Waals surface area contributed by atoms with E-state index in [1.807, 2.05) is 12.1 Å². The molecule has 1 aromatic rings. The Morgan fingerprint density at radius 2 is 2.12 bits per heavy atom. The van der Waals surface area contributed by atoms with Gasteiger partial charge >= 0.3 is 0 Å². The largest absolute Gasteiger partial charge is 0.468 e. The van der Waals surface area contributed by atoms with E-state index in [4.69, 9.17) is 9.15 Å². The first-order valence-electron chi connectivity index (χ1n) is 9.37. The molecule has 0 N–H and O–H groups in total. The molecular formula is C19H30N2O3. The Balaban J connectivity index is 1.39. The maximum absolute atomic E-state index is 12.7. The summed E-state index contributed by atoms with van der Waals surface area (Å²) in [6.45, 7) is 8.37. The highest BCUT2D eigenvalue weighted by atomic mass is 16.5. The smallest absolute Gasteiger partial charge is 0.225 e. The molecule has 3 heterocycles. The third-order valence-electron chi connectivity index (χ3n) is 5.20. The number of nitrogens with zero attached hydrogens (tertiary/aromatic N) is 2. The summed E-state index contributed by atoms with van der Waals surface area (Å²) in [6, 6.07) is 3.95. The molecule has 0 aromatic carbocycles. The van der Waals surface area contributed by atoms with E-state index in [0.717, 1.165) is 77.4 Å². The summed E-state index contributed by atoms with van der Waals surface area (Å²) < 4.78 is 11.1. The molecule has 0 saturated carbocycles. The topological polar surface area (TPSA) is 45.9 Å². The first kappa shape index (κ1) is 17.5. The quantitative estimate of drug-likeness (QED) is 0.719. The van der Waals surface area contributed by atoms with Gasteiger partial charge in [0.2, 0.25) is 5.91 Å². The summed E-state index contributed by atoms with van der Waals surface area (Å²) in [5.74, 6) is 2.10. The molecule has 134 valence electrons. The average Bonchev–Trinajstić information content (AvgIpc) is 3.27. The van der Waals surface area contributed by atoms with Crippen LogP contribution in [-0.4, -0.2) is 55.1 Å². The molecule has 5 nitrogen and oxygen atoms in total. The maximum Gasteiger partial charge on any atom is 0.225 e. The van der Waals surface area contributed by atoms with Crippen molar-refractivity contribution < 1.29 is 13.9 Å². The molecule has 2 aliphatic heterocycles. The van der Waals surface area contributed by atoms with Crippen LogP contribution in [0.5, 0.6) is 0 Å². The van der Waals surface area contributed by atoms with Crippen molar-refractivity contribution in [1.82, 2.24) is 9.80 Å². The van der Waals surface area contributed by atoms with E-state index in [1.54, 1.807) is 6.26 Å². The summed E-state index contributed by atoms with van der Waals surface area (Å²) in [4.78, 5) is 17.2. The molecule has 2 saturated heterocycles. The van der Waals surface area contributed by atoms with E-state index in [0.29, 0.717) is 11.8 Å². The van der Waals surface area contributed by atoms with Crippen LogP contribution in [0.25, 0.3) is 0 Å². The van der Waals surface area contributed by atoms with Gasteiger partial charge in [-0.25, -0.2) is 0 Å². The van der Waals surface area contributed by atoms with Crippen LogP contribution in [-0.2, 0) is 16.1 Å². The fraction of sp³-hybridized carbons (Fsp3) is 0.737. The second-order valence-electron chi connectivity index (χ2n) is 7.14. The van der Waals surface area contributed by atoms with Crippen LogP contribution in [0.3, 0.4) is 0 Å². The standard InChI is InChI=1S/C19H30N2O3/c1-2-11-23-15-16-5-10-21(13-16)19(22)17-6-8-20(9-7-17)14-18-4-3-12-24-18/h3-4,12,16-17H,2,5-11,13-15H2,1H3. The van der Waals surface area contributed by atoms with Gasteiger partial charge in [-0.05, 0) is 50.9 Å². The zero-order chi connectivity index (χ0) is 16.8. The van der Waals surface area contributed by atoms with Gasteiger partial charge in [0.15, 0.2) is 0 Å². The highest BCUT2D eigenvalue weighted by Crippen LogP contribution is 2.25. The van der Waals surface area contributed by atoms with Crippen molar-refractivity contribution in [2.75, 3.05) is 39.4 Å². The van der Waals surface area contributed by atoms with E-state index < -0.39 is 0 Å². The highest BCUT2D eigenvalue weighted by molar-refractivity contribution is 5.79. The molecule has 1 aromatic heterocycles. The number of hydrogen-bond acceptors (Lipinski definition) is 4. The lowest BCUT2D eigenvalue weighted by atomic mass is 9.95. The number of amides is 1. The first-order chi connectivity index (χ1) is 11.8. The fourth-order valence-corrected chi connectivity index (χ4v) is 3.78. The predicted octanol–water partition coefficient (Wildman–Crippen LogP) is 2.77. The molecule has 0 spiro atoms. The SMILES string of the molecule is CCCOCC1CCN(C(=O)C2CCN(Cc3ccco3)CC2)C1. The molecule has 2 aliphatic rings. The Morgan fingerprint density at radius 1 is 1.29 bits per heavy atom. The summed E-state index contributed by atoms with van der Waals surface area (Å²) in [6.07, 6.45) is 5.80. The molecule has 2 fully saturated rings. The summed E-state index contributed by atoms with van der Waals surface area (Å²) in [5.41, 5.74) is 0. The summed E-state index contributed by atoms with van der Waals surface area (Å²) >= 11 is 0. The minimum absolute atomic E-state index is 0.202. The molecular weight excluding hydrogens is 304 g/mol. The maximum atomic E-state index is 12.7. The summed E-state index contributed by atoms with van der Waals surface area (Å²) in [7, 11) is 0. The molecule has 1 unspecified atom stereocenters. The van der Waals surface area contributed by atoms with Gasteiger partial charge in [0.25, 0.3) is 0 Å². The minimum atomic E-state index is 0.202. The first-order valence-corrected chi connectivity index (χ1v) is 9.37. The van der Waals surface area contributed by atoms with Crippen molar-refractivity contribution >= 4 is 5.91 Å². The van der Waals surface area contributed by atoms with E-state index in [-0.39, 0.29) is 5.92 Å². The third kappa shape index (κ3) is 4.61. The lowest BCUT2D eigenvalue weighted by molar-refractivity contribution is -0.136. The minimum Gasteiger partial charge on any atom is -0.468 e. The number of carbonyl (C=O) groups is 1. The van der Waals surface area contributed by atoms with Crippen molar-refractivity contribution in [3.8, 4) is 0 Å². The van der Waals surface area contributed by atoms with Crippen LogP contribution >= 0.6 is 0 Å². The Kier molecular flexibility index (Phi) is 6.32. The number of carbonyl (C=O) groups excluding carboxylic acids is 1.